The molecule has 0 radical (unpaired) electrons. The first-order chi connectivity index (χ1) is 10.1. The van der Waals surface area contributed by atoms with Gasteiger partial charge in [-0.2, -0.15) is 0 Å². The molecule has 0 fully saturated rings. The van der Waals surface area contributed by atoms with Crippen molar-refractivity contribution in [1.82, 2.24) is 0 Å². The van der Waals surface area contributed by atoms with Gasteiger partial charge in [0.05, 0.1) is 0 Å². The molecule has 0 aromatic heterocycles. The maximum Gasteiger partial charge on any atom is 0.190 e. The van der Waals surface area contributed by atoms with Crippen LogP contribution in [0.4, 0.5) is 0 Å². The van der Waals surface area contributed by atoms with Gasteiger partial charge in [-0.3, -0.25) is 4.79 Å². The molecule has 104 valence electrons. The molecule has 0 amide bonds. The Morgan fingerprint density at radius 3 is 2.48 bits per heavy atom. The predicted molar refractivity (Wildman–Crippen MR) is 84.4 cm³/mol. The van der Waals surface area contributed by atoms with E-state index in [4.69, 9.17) is 4.74 Å². The van der Waals surface area contributed by atoms with Crippen LogP contribution in [0.2, 0.25) is 0 Å². The summed E-state index contributed by atoms with van der Waals surface area (Å²) in [5, 5.41) is 0. The molecule has 1 aliphatic rings. The summed E-state index contributed by atoms with van der Waals surface area (Å²) < 4.78 is 5.95. The molecule has 0 spiro atoms. The van der Waals surface area contributed by atoms with Crippen LogP contribution in [0, 0.1) is 13.8 Å². The first-order valence-corrected chi connectivity index (χ1v) is 6.86. The number of ketones is 1. The third-order valence-electron chi connectivity index (χ3n) is 3.64. The zero-order valence-corrected chi connectivity index (χ0v) is 12.1. The van der Waals surface area contributed by atoms with Crippen LogP contribution in [-0.2, 0) is 0 Å². The van der Waals surface area contributed by atoms with E-state index in [9.17, 15) is 4.79 Å². The van der Waals surface area contributed by atoms with Gasteiger partial charge in [0.2, 0.25) is 0 Å². The Kier molecular flexibility index (Phi) is 3.22. The van der Waals surface area contributed by atoms with Crippen LogP contribution in [0.25, 0.3) is 5.57 Å². The van der Waals surface area contributed by atoms with Gasteiger partial charge in [-0.25, -0.2) is 0 Å². The summed E-state index contributed by atoms with van der Waals surface area (Å²) in [5.74, 6) is 1.24. The van der Waals surface area contributed by atoms with Crippen molar-refractivity contribution in [1.29, 1.82) is 0 Å². The van der Waals surface area contributed by atoms with Gasteiger partial charge in [0.1, 0.15) is 11.5 Å². The van der Waals surface area contributed by atoms with Gasteiger partial charge in [-0.05, 0) is 36.6 Å². The highest BCUT2D eigenvalue weighted by molar-refractivity contribution is 6.13. The van der Waals surface area contributed by atoms with E-state index in [1.165, 1.54) is 6.08 Å². The van der Waals surface area contributed by atoms with Crippen LogP contribution in [0.15, 0.2) is 60.9 Å². The summed E-state index contributed by atoms with van der Waals surface area (Å²) in [6.45, 7) is 8.07. The van der Waals surface area contributed by atoms with Crippen molar-refractivity contribution in [3.05, 3.63) is 83.1 Å². The molecule has 0 N–H and O–H groups in total. The molecule has 2 aromatic carbocycles. The molecule has 2 heteroatoms. The van der Waals surface area contributed by atoms with E-state index in [1.54, 1.807) is 0 Å². The number of aryl methyl sites for hydroxylation is 2. The number of ether oxygens (including phenoxy) is 1. The Balaban J connectivity index is 1.99. The van der Waals surface area contributed by atoms with Crippen molar-refractivity contribution < 1.29 is 9.53 Å². The Morgan fingerprint density at radius 1 is 1.00 bits per heavy atom. The normalized spacial score (nSPS) is 13.7. The molecule has 0 atom stereocenters. The predicted octanol–water partition coefficient (Wildman–Crippen LogP) is 4.48. The molecular formula is C19H16O2. The van der Waals surface area contributed by atoms with Crippen LogP contribution < -0.4 is 4.74 Å². The summed E-state index contributed by atoms with van der Waals surface area (Å²) in [4.78, 5) is 12.2. The Hall–Kier alpha value is -2.61. The number of benzene rings is 2. The number of fused-ring (bicyclic) bond motifs is 1. The number of hydrogen-bond donors (Lipinski definition) is 0. The molecule has 1 aliphatic carbocycles. The second-order valence-corrected chi connectivity index (χ2v) is 5.27. The van der Waals surface area contributed by atoms with Crippen LogP contribution in [0.5, 0.6) is 5.75 Å². The van der Waals surface area contributed by atoms with Gasteiger partial charge in [0.25, 0.3) is 0 Å². The van der Waals surface area contributed by atoms with Crippen molar-refractivity contribution in [2.75, 3.05) is 0 Å². The van der Waals surface area contributed by atoms with Gasteiger partial charge < -0.3 is 4.74 Å². The van der Waals surface area contributed by atoms with Crippen molar-refractivity contribution in [3.63, 3.8) is 0 Å². The fourth-order valence-electron chi connectivity index (χ4n) is 2.40. The van der Waals surface area contributed by atoms with E-state index in [2.05, 4.69) is 6.58 Å². The highest BCUT2D eigenvalue weighted by Crippen LogP contribution is 2.33. The summed E-state index contributed by atoms with van der Waals surface area (Å²) >= 11 is 0. The fraction of sp³-hybridized carbons (Fsp3) is 0.105. The van der Waals surface area contributed by atoms with Crippen LogP contribution in [0.3, 0.4) is 0 Å². The van der Waals surface area contributed by atoms with Crippen LogP contribution in [-0.4, -0.2) is 5.78 Å². The maximum absolute atomic E-state index is 12.2. The molecule has 2 aromatic rings. The molecule has 21 heavy (non-hydrogen) atoms. The topological polar surface area (TPSA) is 26.3 Å². The molecule has 0 bridgehead atoms. The van der Waals surface area contributed by atoms with Gasteiger partial charge in [-0.1, -0.05) is 43.0 Å². The molecule has 0 aliphatic heterocycles. The summed E-state index contributed by atoms with van der Waals surface area (Å²) in [5.41, 5.74) is 4.40. The van der Waals surface area contributed by atoms with E-state index in [0.29, 0.717) is 11.3 Å². The Morgan fingerprint density at radius 2 is 1.71 bits per heavy atom. The van der Waals surface area contributed by atoms with Crippen LogP contribution in [0.1, 0.15) is 27.0 Å². The lowest BCUT2D eigenvalue weighted by atomic mass is 9.91. The SMILES string of the molecule is C=C1C(Oc2cc(C)ccc2C)=CC(=O)c2ccccc21. The molecule has 0 saturated heterocycles. The zero-order valence-electron chi connectivity index (χ0n) is 12.1. The van der Waals surface area contributed by atoms with Crippen molar-refractivity contribution in [2.24, 2.45) is 0 Å². The smallest absolute Gasteiger partial charge is 0.190 e. The van der Waals surface area contributed by atoms with Gasteiger partial charge in [0.15, 0.2) is 5.78 Å². The summed E-state index contributed by atoms with van der Waals surface area (Å²) in [6.07, 6.45) is 1.52. The van der Waals surface area contributed by atoms with Crippen molar-refractivity contribution >= 4 is 11.4 Å². The Bertz CT molecular complexity index is 782. The lowest BCUT2D eigenvalue weighted by Gasteiger charge is -2.20. The summed E-state index contributed by atoms with van der Waals surface area (Å²) in [7, 11) is 0. The number of hydrogen-bond acceptors (Lipinski definition) is 2. The molecule has 0 heterocycles. The lowest BCUT2D eigenvalue weighted by Crippen LogP contribution is -2.12. The average molecular weight is 276 g/mol. The van der Waals surface area contributed by atoms with Gasteiger partial charge in [0, 0.05) is 17.2 Å². The highest BCUT2D eigenvalue weighted by atomic mass is 16.5. The minimum Gasteiger partial charge on any atom is -0.456 e. The number of carbonyl (C=O) groups excluding carboxylic acids is 1. The monoisotopic (exact) mass is 276 g/mol. The largest absolute Gasteiger partial charge is 0.456 e. The second-order valence-electron chi connectivity index (χ2n) is 5.27. The molecule has 0 unspecified atom stereocenters. The standard InChI is InChI=1S/C19H16O2/c1-12-8-9-13(2)18(10-12)21-19-11-17(20)16-7-5-4-6-15(16)14(19)3/h4-11H,3H2,1-2H3. The van der Waals surface area contributed by atoms with Crippen LogP contribution >= 0.6 is 0 Å². The minimum absolute atomic E-state index is 0.0432. The molecule has 3 rings (SSSR count). The van der Waals surface area contributed by atoms with E-state index < -0.39 is 0 Å². The molecule has 2 nitrogen and oxygen atoms in total. The molecule has 0 saturated carbocycles. The number of allylic oxidation sites excluding steroid dienone is 2. The summed E-state index contributed by atoms with van der Waals surface area (Å²) in [6, 6.07) is 13.5. The third kappa shape index (κ3) is 2.40. The first-order valence-electron chi connectivity index (χ1n) is 6.86. The van der Waals surface area contributed by atoms with E-state index in [0.717, 1.165) is 28.0 Å². The Labute approximate surface area is 124 Å². The number of rotatable bonds is 2. The first kappa shape index (κ1) is 13.4. The van der Waals surface area contributed by atoms with E-state index >= 15 is 0 Å². The molecular weight excluding hydrogens is 260 g/mol. The highest BCUT2D eigenvalue weighted by Gasteiger charge is 2.22. The van der Waals surface area contributed by atoms with Crippen molar-refractivity contribution in [2.45, 2.75) is 13.8 Å². The van der Waals surface area contributed by atoms with Gasteiger partial charge >= 0.3 is 0 Å². The minimum atomic E-state index is -0.0432. The van der Waals surface area contributed by atoms with E-state index in [-0.39, 0.29) is 5.78 Å². The average Bonchev–Trinajstić information content (AvgIpc) is 2.48. The second kappa shape index (κ2) is 5.06. The van der Waals surface area contributed by atoms with E-state index in [1.807, 2.05) is 56.3 Å². The lowest BCUT2D eigenvalue weighted by molar-refractivity contribution is 0.104. The quantitative estimate of drug-likeness (QED) is 0.808. The van der Waals surface area contributed by atoms with Gasteiger partial charge in [-0.15, -0.1) is 0 Å². The third-order valence-corrected chi connectivity index (χ3v) is 3.64. The fourth-order valence-corrected chi connectivity index (χ4v) is 2.40. The van der Waals surface area contributed by atoms with Crippen molar-refractivity contribution in [3.8, 4) is 5.75 Å². The zero-order chi connectivity index (χ0) is 15.0. The maximum atomic E-state index is 12.2. The number of carbonyl (C=O) groups is 1.